The number of ether oxygens (including phenoxy) is 1. The molecule has 0 aromatic heterocycles. The Labute approximate surface area is 111 Å². The number of rotatable bonds is 3. The van der Waals surface area contributed by atoms with Crippen molar-refractivity contribution in [3.8, 4) is 0 Å². The van der Waals surface area contributed by atoms with Crippen LogP contribution in [-0.2, 0) is 4.74 Å². The van der Waals surface area contributed by atoms with Crippen molar-refractivity contribution in [2.24, 2.45) is 0 Å². The first kappa shape index (κ1) is 13.0. The number of anilines is 1. The Morgan fingerprint density at radius 2 is 1.76 bits per heavy atom. The van der Waals surface area contributed by atoms with Crippen LogP contribution < -0.4 is 5.32 Å². The Hall–Kier alpha value is -0.480. The van der Waals surface area contributed by atoms with Crippen LogP contribution in [0.3, 0.4) is 0 Å². The fraction of sp³-hybridized carbons (Fsp3) is 0.500. The fourth-order valence-electron chi connectivity index (χ4n) is 1.85. The van der Waals surface area contributed by atoms with Gasteiger partial charge in [0.25, 0.3) is 0 Å². The Balaban J connectivity index is 1.96. The second-order valence-corrected chi connectivity index (χ2v) is 5.22. The van der Waals surface area contributed by atoms with Crippen LogP contribution >= 0.6 is 23.2 Å². The second kappa shape index (κ2) is 5.44. The summed E-state index contributed by atoms with van der Waals surface area (Å²) in [7, 11) is 0. The summed E-state index contributed by atoms with van der Waals surface area (Å²) in [4.78, 5) is 0. The van der Waals surface area contributed by atoms with Gasteiger partial charge in [0.1, 0.15) is 0 Å². The second-order valence-electron chi connectivity index (χ2n) is 4.35. The third kappa shape index (κ3) is 3.75. The van der Waals surface area contributed by atoms with Crippen LogP contribution in [0.15, 0.2) is 18.2 Å². The minimum absolute atomic E-state index is 0.479. The normalized spacial score (nSPS) is 19.0. The highest BCUT2D eigenvalue weighted by Crippen LogP contribution is 2.25. The van der Waals surface area contributed by atoms with E-state index in [1.54, 1.807) is 18.2 Å². The molecule has 1 aliphatic rings. The van der Waals surface area contributed by atoms with Crippen LogP contribution in [0.1, 0.15) is 12.8 Å². The Morgan fingerprint density at radius 3 is 2.35 bits per heavy atom. The molecule has 0 saturated carbocycles. The van der Waals surface area contributed by atoms with E-state index in [1.165, 1.54) is 0 Å². The van der Waals surface area contributed by atoms with Crippen LogP contribution in [0.5, 0.6) is 0 Å². The van der Waals surface area contributed by atoms with Crippen molar-refractivity contribution in [2.75, 3.05) is 25.1 Å². The van der Waals surface area contributed by atoms with Gasteiger partial charge in [0.15, 0.2) is 0 Å². The minimum Gasteiger partial charge on any atom is -0.388 e. The zero-order valence-electron chi connectivity index (χ0n) is 9.38. The molecule has 0 atom stereocenters. The number of hydrogen-bond donors (Lipinski definition) is 2. The van der Waals surface area contributed by atoms with Gasteiger partial charge in [-0.25, -0.2) is 0 Å². The van der Waals surface area contributed by atoms with E-state index in [4.69, 9.17) is 27.9 Å². The van der Waals surface area contributed by atoms with Crippen molar-refractivity contribution in [1.82, 2.24) is 0 Å². The lowest BCUT2D eigenvalue weighted by atomic mass is 9.94. The van der Waals surface area contributed by atoms with Gasteiger partial charge >= 0.3 is 0 Å². The summed E-state index contributed by atoms with van der Waals surface area (Å²) in [6.45, 7) is 1.69. The Bertz CT molecular complexity index is 372. The maximum absolute atomic E-state index is 10.3. The molecule has 0 aliphatic carbocycles. The molecule has 94 valence electrons. The maximum atomic E-state index is 10.3. The van der Waals surface area contributed by atoms with E-state index in [0.717, 1.165) is 5.69 Å². The molecular formula is C12H15Cl2NO2. The highest BCUT2D eigenvalue weighted by Gasteiger charge is 2.29. The lowest BCUT2D eigenvalue weighted by molar-refractivity contribution is -0.0543. The lowest BCUT2D eigenvalue weighted by Gasteiger charge is -2.32. The minimum atomic E-state index is -0.701. The predicted molar refractivity (Wildman–Crippen MR) is 70.0 cm³/mol. The van der Waals surface area contributed by atoms with E-state index in [2.05, 4.69) is 5.32 Å². The molecule has 1 aromatic rings. The third-order valence-electron chi connectivity index (χ3n) is 2.91. The van der Waals surface area contributed by atoms with Gasteiger partial charge in [-0.05, 0) is 18.2 Å². The molecule has 1 heterocycles. The molecule has 2 rings (SSSR count). The van der Waals surface area contributed by atoms with E-state index in [1.807, 2.05) is 0 Å². The Kier molecular flexibility index (Phi) is 4.15. The van der Waals surface area contributed by atoms with Gasteiger partial charge in [-0.3, -0.25) is 0 Å². The van der Waals surface area contributed by atoms with Gasteiger partial charge in [0, 0.05) is 48.3 Å². The standard InChI is InChI=1S/C12H15Cl2NO2/c13-9-5-10(14)7-11(6-9)15-8-12(16)1-3-17-4-2-12/h5-7,15-16H,1-4,8H2. The molecule has 17 heavy (non-hydrogen) atoms. The van der Waals surface area contributed by atoms with Gasteiger partial charge in [0.05, 0.1) is 5.60 Å². The van der Waals surface area contributed by atoms with E-state index in [0.29, 0.717) is 42.6 Å². The quantitative estimate of drug-likeness (QED) is 0.891. The van der Waals surface area contributed by atoms with E-state index >= 15 is 0 Å². The molecule has 1 aliphatic heterocycles. The summed E-state index contributed by atoms with van der Waals surface area (Å²) in [5.41, 5.74) is 0.120. The molecule has 3 nitrogen and oxygen atoms in total. The summed E-state index contributed by atoms with van der Waals surface area (Å²) < 4.78 is 5.23. The molecule has 0 bridgehead atoms. The molecular weight excluding hydrogens is 261 g/mol. The van der Waals surface area contributed by atoms with Crippen LogP contribution in [0.4, 0.5) is 5.69 Å². The van der Waals surface area contributed by atoms with Crippen molar-refractivity contribution >= 4 is 28.9 Å². The smallest absolute Gasteiger partial charge is 0.0863 e. The van der Waals surface area contributed by atoms with Crippen LogP contribution in [0.25, 0.3) is 0 Å². The van der Waals surface area contributed by atoms with Gasteiger partial charge in [-0.1, -0.05) is 23.2 Å². The van der Waals surface area contributed by atoms with Gasteiger partial charge in [0.2, 0.25) is 0 Å². The van der Waals surface area contributed by atoms with Crippen molar-refractivity contribution in [2.45, 2.75) is 18.4 Å². The van der Waals surface area contributed by atoms with E-state index in [-0.39, 0.29) is 0 Å². The first-order valence-corrected chi connectivity index (χ1v) is 6.33. The van der Waals surface area contributed by atoms with Crippen LogP contribution in [0, 0.1) is 0 Å². The average molecular weight is 276 g/mol. The first-order valence-electron chi connectivity index (χ1n) is 5.58. The SMILES string of the molecule is OC1(CNc2cc(Cl)cc(Cl)c2)CCOCC1. The third-order valence-corrected chi connectivity index (χ3v) is 3.34. The van der Waals surface area contributed by atoms with Crippen molar-refractivity contribution < 1.29 is 9.84 Å². The number of aliphatic hydroxyl groups is 1. The van der Waals surface area contributed by atoms with E-state index in [9.17, 15) is 5.11 Å². The van der Waals surface area contributed by atoms with Crippen molar-refractivity contribution in [3.05, 3.63) is 28.2 Å². The first-order chi connectivity index (χ1) is 8.07. The maximum Gasteiger partial charge on any atom is 0.0863 e. The zero-order valence-corrected chi connectivity index (χ0v) is 10.9. The molecule has 1 saturated heterocycles. The highest BCUT2D eigenvalue weighted by molar-refractivity contribution is 6.35. The van der Waals surface area contributed by atoms with Crippen molar-refractivity contribution in [1.29, 1.82) is 0 Å². The predicted octanol–water partition coefficient (Wildman–Crippen LogP) is 2.95. The summed E-state index contributed by atoms with van der Waals surface area (Å²) >= 11 is 11.8. The Morgan fingerprint density at radius 1 is 1.18 bits per heavy atom. The molecule has 0 radical (unpaired) electrons. The monoisotopic (exact) mass is 275 g/mol. The fourth-order valence-corrected chi connectivity index (χ4v) is 2.38. The van der Waals surface area contributed by atoms with Gasteiger partial charge in [-0.2, -0.15) is 0 Å². The highest BCUT2D eigenvalue weighted by atomic mass is 35.5. The van der Waals surface area contributed by atoms with Gasteiger partial charge < -0.3 is 15.2 Å². The topological polar surface area (TPSA) is 41.5 Å². The molecule has 0 spiro atoms. The van der Waals surface area contributed by atoms with Crippen molar-refractivity contribution in [3.63, 3.8) is 0 Å². The number of benzene rings is 1. The molecule has 1 aromatic carbocycles. The number of halogens is 2. The molecule has 1 fully saturated rings. The zero-order chi connectivity index (χ0) is 12.3. The molecule has 0 amide bonds. The van der Waals surface area contributed by atoms with E-state index < -0.39 is 5.60 Å². The summed E-state index contributed by atoms with van der Waals surface area (Å²) in [5, 5.41) is 14.6. The summed E-state index contributed by atoms with van der Waals surface area (Å²) in [5.74, 6) is 0. The molecule has 0 unspecified atom stereocenters. The molecule has 2 N–H and O–H groups in total. The van der Waals surface area contributed by atoms with Crippen LogP contribution in [-0.4, -0.2) is 30.5 Å². The van der Waals surface area contributed by atoms with Crippen LogP contribution in [0.2, 0.25) is 10.0 Å². The number of hydrogen-bond acceptors (Lipinski definition) is 3. The largest absolute Gasteiger partial charge is 0.388 e. The number of nitrogens with one attached hydrogen (secondary N) is 1. The average Bonchev–Trinajstić information content (AvgIpc) is 2.26. The molecule has 5 heteroatoms. The lowest BCUT2D eigenvalue weighted by Crippen LogP contribution is -2.42. The van der Waals surface area contributed by atoms with Gasteiger partial charge in [-0.15, -0.1) is 0 Å². The summed E-state index contributed by atoms with van der Waals surface area (Å²) in [6, 6.07) is 5.25. The summed E-state index contributed by atoms with van der Waals surface area (Å²) in [6.07, 6.45) is 1.29.